The predicted molar refractivity (Wildman–Crippen MR) is 83.9 cm³/mol. The molecule has 1 aromatic rings. The van der Waals surface area contributed by atoms with E-state index < -0.39 is 6.10 Å². The summed E-state index contributed by atoms with van der Waals surface area (Å²) in [5.74, 6) is 0.882. The molecule has 3 rings (SSSR count). The molecule has 2 fully saturated rings. The Morgan fingerprint density at radius 1 is 1.23 bits per heavy atom. The highest BCUT2D eigenvalue weighted by atomic mass is 16.5. The maximum absolute atomic E-state index is 12.4. The first-order valence-corrected chi connectivity index (χ1v) is 8.00. The number of ether oxygens (including phenoxy) is 1. The summed E-state index contributed by atoms with van der Waals surface area (Å²) in [5.41, 5.74) is 0.977. The Kier molecular flexibility index (Phi) is 4.64. The average molecular weight is 304 g/mol. The lowest BCUT2D eigenvalue weighted by molar-refractivity contribution is -0.129. The van der Waals surface area contributed by atoms with Crippen LogP contribution in [0.15, 0.2) is 24.3 Å². The third-order valence-electron chi connectivity index (χ3n) is 4.74. The van der Waals surface area contributed by atoms with Gasteiger partial charge in [0.2, 0.25) is 5.91 Å². The van der Waals surface area contributed by atoms with Gasteiger partial charge in [-0.3, -0.25) is 9.69 Å². The Hall–Kier alpha value is -1.59. The summed E-state index contributed by atoms with van der Waals surface area (Å²) >= 11 is 0. The van der Waals surface area contributed by atoms with Crippen molar-refractivity contribution in [2.75, 3.05) is 33.3 Å². The van der Waals surface area contributed by atoms with E-state index in [0.29, 0.717) is 19.5 Å². The van der Waals surface area contributed by atoms with Crippen LogP contribution in [0.2, 0.25) is 0 Å². The van der Waals surface area contributed by atoms with Gasteiger partial charge in [-0.15, -0.1) is 0 Å². The quantitative estimate of drug-likeness (QED) is 0.898. The molecule has 1 N–H and O–H groups in total. The SMILES string of the molecule is COc1ccc(CC(=O)N2C[C@H](O)[C@@H](N3CCCC3)C2)cc1. The lowest BCUT2D eigenvalue weighted by Gasteiger charge is -2.25. The van der Waals surface area contributed by atoms with E-state index in [9.17, 15) is 9.90 Å². The van der Waals surface area contributed by atoms with Crippen molar-refractivity contribution in [1.29, 1.82) is 0 Å². The Balaban J connectivity index is 1.58. The molecule has 2 saturated heterocycles. The molecule has 5 heteroatoms. The number of carbonyl (C=O) groups excluding carboxylic acids is 1. The Bertz CT molecular complexity index is 511. The molecular weight excluding hydrogens is 280 g/mol. The van der Waals surface area contributed by atoms with Crippen molar-refractivity contribution in [2.45, 2.75) is 31.4 Å². The maximum atomic E-state index is 12.4. The van der Waals surface area contributed by atoms with Crippen molar-refractivity contribution in [3.63, 3.8) is 0 Å². The fraction of sp³-hybridized carbons (Fsp3) is 0.588. The maximum Gasteiger partial charge on any atom is 0.227 e. The zero-order chi connectivity index (χ0) is 15.5. The third-order valence-corrected chi connectivity index (χ3v) is 4.74. The van der Waals surface area contributed by atoms with Crippen LogP contribution in [0.3, 0.4) is 0 Å². The van der Waals surface area contributed by atoms with Crippen molar-refractivity contribution in [3.8, 4) is 5.75 Å². The molecule has 0 saturated carbocycles. The molecule has 1 aromatic carbocycles. The lowest BCUT2D eigenvalue weighted by Crippen LogP contribution is -2.41. The van der Waals surface area contributed by atoms with Crippen LogP contribution in [-0.2, 0) is 11.2 Å². The number of rotatable bonds is 4. The van der Waals surface area contributed by atoms with Crippen LogP contribution in [-0.4, -0.2) is 66.2 Å². The second-order valence-corrected chi connectivity index (χ2v) is 6.20. The smallest absolute Gasteiger partial charge is 0.227 e. The van der Waals surface area contributed by atoms with Gasteiger partial charge in [-0.1, -0.05) is 12.1 Å². The number of hydrogen-bond donors (Lipinski definition) is 1. The predicted octanol–water partition coefficient (Wildman–Crippen LogP) is 0.905. The van der Waals surface area contributed by atoms with Crippen molar-refractivity contribution in [3.05, 3.63) is 29.8 Å². The number of β-amino-alcohol motifs (C(OH)–C–C–N with tert-alkyl or cyclic N) is 1. The van der Waals surface area contributed by atoms with Gasteiger partial charge in [-0.05, 0) is 43.6 Å². The van der Waals surface area contributed by atoms with Gasteiger partial charge in [-0.25, -0.2) is 0 Å². The minimum atomic E-state index is -0.419. The minimum absolute atomic E-state index is 0.0888. The van der Waals surface area contributed by atoms with E-state index in [-0.39, 0.29) is 11.9 Å². The molecule has 0 radical (unpaired) electrons. The normalized spacial score (nSPS) is 25.6. The van der Waals surface area contributed by atoms with Gasteiger partial charge in [0.25, 0.3) is 0 Å². The summed E-state index contributed by atoms with van der Waals surface area (Å²) in [4.78, 5) is 16.6. The van der Waals surface area contributed by atoms with Crippen molar-refractivity contribution < 1.29 is 14.6 Å². The fourth-order valence-electron chi connectivity index (χ4n) is 3.43. The summed E-state index contributed by atoms with van der Waals surface area (Å²) in [7, 11) is 1.63. The standard InChI is InChI=1S/C17H24N2O3/c1-22-14-6-4-13(5-7-14)10-17(21)19-11-15(16(20)12-19)18-8-2-3-9-18/h4-7,15-16,20H,2-3,8-12H2,1H3/t15-,16-/m0/s1. The van der Waals surface area contributed by atoms with Crippen LogP contribution in [0.25, 0.3) is 0 Å². The van der Waals surface area contributed by atoms with E-state index in [0.717, 1.165) is 24.4 Å². The summed E-state index contributed by atoms with van der Waals surface area (Å²) in [5, 5.41) is 10.3. The molecule has 120 valence electrons. The van der Waals surface area contributed by atoms with E-state index in [1.54, 1.807) is 12.0 Å². The molecule has 0 aromatic heterocycles. The van der Waals surface area contributed by atoms with Gasteiger partial charge < -0.3 is 14.7 Å². The van der Waals surface area contributed by atoms with Crippen molar-refractivity contribution >= 4 is 5.91 Å². The Labute approximate surface area is 131 Å². The first-order valence-electron chi connectivity index (χ1n) is 8.00. The zero-order valence-corrected chi connectivity index (χ0v) is 13.1. The second-order valence-electron chi connectivity index (χ2n) is 6.20. The zero-order valence-electron chi connectivity index (χ0n) is 13.1. The van der Waals surface area contributed by atoms with E-state index >= 15 is 0 Å². The van der Waals surface area contributed by atoms with Crippen LogP contribution >= 0.6 is 0 Å². The largest absolute Gasteiger partial charge is 0.497 e. The number of likely N-dealkylation sites (tertiary alicyclic amines) is 2. The van der Waals surface area contributed by atoms with Gasteiger partial charge in [0.1, 0.15) is 5.75 Å². The first-order chi connectivity index (χ1) is 10.7. The molecule has 0 unspecified atom stereocenters. The van der Waals surface area contributed by atoms with Crippen LogP contribution in [0, 0.1) is 0 Å². The second kappa shape index (κ2) is 6.67. The number of aliphatic hydroxyl groups is 1. The molecular formula is C17H24N2O3. The molecule has 0 aliphatic carbocycles. The number of benzene rings is 1. The lowest BCUT2D eigenvalue weighted by atomic mass is 10.1. The number of hydrogen-bond acceptors (Lipinski definition) is 4. The highest BCUT2D eigenvalue weighted by Gasteiger charge is 2.38. The molecule has 2 aliphatic rings. The van der Waals surface area contributed by atoms with Crippen molar-refractivity contribution in [2.24, 2.45) is 0 Å². The van der Waals surface area contributed by atoms with Crippen LogP contribution in [0.1, 0.15) is 18.4 Å². The molecule has 5 nitrogen and oxygen atoms in total. The molecule has 2 aliphatic heterocycles. The van der Waals surface area contributed by atoms with E-state index in [1.807, 2.05) is 24.3 Å². The van der Waals surface area contributed by atoms with Gasteiger partial charge >= 0.3 is 0 Å². The summed E-state index contributed by atoms with van der Waals surface area (Å²) in [6.07, 6.45) is 2.35. The van der Waals surface area contributed by atoms with Gasteiger partial charge in [0.05, 0.1) is 25.7 Å². The highest BCUT2D eigenvalue weighted by molar-refractivity contribution is 5.79. The Morgan fingerprint density at radius 2 is 1.91 bits per heavy atom. The molecule has 1 amide bonds. The molecule has 2 heterocycles. The molecule has 0 bridgehead atoms. The van der Waals surface area contributed by atoms with E-state index in [2.05, 4.69) is 4.90 Å². The number of methoxy groups -OCH3 is 1. The first kappa shape index (κ1) is 15.3. The monoisotopic (exact) mass is 304 g/mol. The van der Waals surface area contributed by atoms with Gasteiger partial charge in [0.15, 0.2) is 0 Å². The third kappa shape index (κ3) is 3.25. The fourth-order valence-corrected chi connectivity index (χ4v) is 3.43. The van der Waals surface area contributed by atoms with Crippen LogP contribution < -0.4 is 4.74 Å². The Morgan fingerprint density at radius 3 is 2.55 bits per heavy atom. The van der Waals surface area contributed by atoms with Gasteiger partial charge in [-0.2, -0.15) is 0 Å². The molecule has 2 atom stereocenters. The van der Waals surface area contributed by atoms with E-state index in [4.69, 9.17) is 4.74 Å². The number of aliphatic hydroxyl groups excluding tert-OH is 1. The number of nitrogens with zero attached hydrogens (tertiary/aromatic N) is 2. The number of carbonyl (C=O) groups is 1. The highest BCUT2D eigenvalue weighted by Crippen LogP contribution is 2.22. The summed E-state index contributed by atoms with van der Waals surface area (Å²) in [6.45, 7) is 3.19. The van der Waals surface area contributed by atoms with Gasteiger partial charge in [0, 0.05) is 13.1 Å². The van der Waals surface area contributed by atoms with E-state index in [1.165, 1.54) is 12.8 Å². The van der Waals surface area contributed by atoms with Crippen molar-refractivity contribution in [1.82, 2.24) is 9.80 Å². The molecule has 0 spiro atoms. The number of amides is 1. The van der Waals surface area contributed by atoms with Crippen LogP contribution in [0.4, 0.5) is 0 Å². The average Bonchev–Trinajstić information content (AvgIpc) is 3.17. The topological polar surface area (TPSA) is 53.0 Å². The summed E-state index contributed by atoms with van der Waals surface area (Å²) < 4.78 is 5.13. The minimum Gasteiger partial charge on any atom is -0.497 e. The molecule has 22 heavy (non-hydrogen) atoms. The summed E-state index contributed by atoms with van der Waals surface area (Å²) in [6, 6.07) is 7.69. The van der Waals surface area contributed by atoms with Crippen LogP contribution in [0.5, 0.6) is 5.75 Å².